The largest absolute Gasteiger partial charge is 2.00 e. The number of allylic oxidation sites excluding steroid dienone is 4. The molecule has 0 unspecified atom stereocenters. The van der Waals surface area contributed by atoms with Crippen LogP contribution in [0.25, 0.3) is 66.6 Å². The Labute approximate surface area is 327 Å². The van der Waals surface area contributed by atoms with Gasteiger partial charge in [0, 0.05) is 11.1 Å². The topological polar surface area (TPSA) is 54.0 Å². The summed E-state index contributed by atoms with van der Waals surface area (Å²) >= 11 is 0. The van der Waals surface area contributed by atoms with Gasteiger partial charge < -0.3 is 9.97 Å². The van der Waals surface area contributed by atoms with Gasteiger partial charge in [0.1, 0.15) is 0 Å². The van der Waals surface area contributed by atoms with Crippen LogP contribution in [0.15, 0.2) is 60.7 Å². The molecule has 7 rings (SSSR count). The predicted octanol–water partition coefficient (Wildman–Crippen LogP) is 11.3. The number of aromatic nitrogens is 4. The van der Waals surface area contributed by atoms with Crippen LogP contribution in [0.3, 0.4) is 0 Å². The number of nitrogens with zero attached hydrogens (tertiary/aromatic N) is 4. The second-order valence-corrected chi connectivity index (χ2v) is 13.7. The van der Waals surface area contributed by atoms with E-state index in [1.165, 1.54) is 22.3 Å². The molecular weight excluding hydrogens is 698 g/mol. The van der Waals surface area contributed by atoms with Gasteiger partial charge in [0.25, 0.3) is 0 Å². The van der Waals surface area contributed by atoms with Gasteiger partial charge in [0.2, 0.25) is 0 Å². The monoisotopic (exact) mass is 740 g/mol. The first-order valence-electron chi connectivity index (χ1n) is 18.4. The number of hydrogen-bond acceptors (Lipinski definition) is 2. The first-order valence-corrected chi connectivity index (χ1v) is 18.4. The summed E-state index contributed by atoms with van der Waals surface area (Å²) < 4.78 is 0. The van der Waals surface area contributed by atoms with Gasteiger partial charge in [-0.3, -0.25) is 0 Å². The average molecular weight is 742 g/mol. The van der Waals surface area contributed by atoms with Crippen LogP contribution in [0.1, 0.15) is 111 Å². The molecule has 258 valence electrons. The number of hydrogen-bond donors (Lipinski definition) is 0. The summed E-state index contributed by atoms with van der Waals surface area (Å²) in [6.45, 7) is 17.6. The Kier molecular flexibility index (Phi) is 10.6. The molecule has 0 saturated heterocycles. The molecule has 5 heterocycles. The molecule has 0 amide bonds. The van der Waals surface area contributed by atoms with Crippen molar-refractivity contribution in [1.82, 2.24) is 19.9 Å². The number of rotatable bonds is 6. The first-order chi connectivity index (χ1) is 25.2. The van der Waals surface area contributed by atoms with Gasteiger partial charge in [0.05, 0.1) is 22.8 Å². The SMILES string of the molecule is C#Cc1cccc(-c2c3nc(cc4[n-]c(c(C)c4CC)c(-c4cccc(C#C)c4)c4nc(cc5[n-]c2c(C)c5CC)C(CC)=C4C)C(CC)=C3C)c1.[Zn+2]. The number of aryl methyl sites for hydroxylation is 4. The Morgan fingerprint density at radius 1 is 0.566 bits per heavy atom. The van der Waals surface area contributed by atoms with Crippen LogP contribution in [-0.2, 0) is 32.3 Å². The quantitative estimate of drug-likeness (QED) is 0.128. The summed E-state index contributed by atoms with van der Waals surface area (Å²) in [5.74, 6) is 5.69. The van der Waals surface area contributed by atoms with E-state index in [0.29, 0.717) is 0 Å². The van der Waals surface area contributed by atoms with Gasteiger partial charge in [-0.05, 0) is 122 Å². The van der Waals surface area contributed by atoms with E-state index < -0.39 is 0 Å². The van der Waals surface area contributed by atoms with Gasteiger partial charge in [-0.1, -0.05) is 98.2 Å². The molecule has 0 aliphatic carbocycles. The van der Waals surface area contributed by atoms with Crippen molar-refractivity contribution in [2.24, 2.45) is 0 Å². The van der Waals surface area contributed by atoms with E-state index in [1.54, 1.807) is 0 Å². The Hall–Kier alpha value is -5.22. The average Bonchev–Trinajstić information content (AvgIpc) is 3.84. The zero-order valence-electron chi connectivity index (χ0n) is 32.3. The number of fused-ring (bicyclic) bond motifs is 8. The Bertz CT molecular complexity index is 2440. The van der Waals surface area contributed by atoms with Crippen molar-refractivity contribution in [1.29, 1.82) is 0 Å². The fraction of sp³-hybridized carbons (Fsp3) is 0.250. The van der Waals surface area contributed by atoms with Crippen molar-refractivity contribution < 1.29 is 19.5 Å². The fourth-order valence-corrected chi connectivity index (χ4v) is 8.22. The fourth-order valence-electron chi connectivity index (χ4n) is 8.22. The second kappa shape index (κ2) is 15.0. The van der Waals surface area contributed by atoms with Crippen LogP contribution in [-0.4, -0.2) is 9.97 Å². The molecule has 53 heavy (non-hydrogen) atoms. The van der Waals surface area contributed by atoms with E-state index >= 15 is 0 Å². The summed E-state index contributed by atoms with van der Waals surface area (Å²) in [5.41, 5.74) is 22.5. The zero-order chi connectivity index (χ0) is 36.8. The maximum absolute atomic E-state index is 5.94. The van der Waals surface area contributed by atoms with Gasteiger partial charge in [-0.15, -0.1) is 34.9 Å². The van der Waals surface area contributed by atoms with Crippen molar-refractivity contribution in [3.05, 3.63) is 117 Å². The Morgan fingerprint density at radius 3 is 1.30 bits per heavy atom. The van der Waals surface area contributed by atoms with Crippen molar-refractivity contribution in [3.63, 3.8) is 0 Å². The third-order valence-electron chi connectivity index (χ3n) is 10.9. The Morgan fingerprint density at radius 2 is 0.962 bits per heavy atom. The van der Waals surface area contributed by atoms with E-state index in [0.717, 1.165) is 126 Å². The van der Waals surface area contributed by atoms with Crippen LogP contribution in [0.2, 0.25) is 0 Å². The maximum Gasteiger partial charge on any atom is 2.00 e. The first kappa shape index (κ1) is 37.5. The summed E-state index contributed by atoms with van der Waals surface area (Å²) in [4.78, 5) is 21.9. The minimum Gasteiger partial charge on any atom is -0.657 e. The predicted molar refractivity (Wildman–Crippen MR) is 219 cm³/mol. The number of terminal acetylenes is 2. The normalized spacial score (nSPS) is 12.5. The van der Waals surface area contributed by atoms with E-state index in [1.807, 2.05) is 24.3 Å². The molecule has 0 N–H and O–H groups in total. The van der Waals surface area contributed by atoms with Crippen LogP contribution in [0.5, 0.6) is 0 Å². The zero-order valence-corrected chi connectivity index (χ0v) is 35.2. The van der Waals surface area contributed by atoms with Gasteiger partial charge in [-0.2, -0.15) is 0 Å². The van der Waals surface area contributed by atoms with Crippen molar-refractivity contribution >= 4 is 44.4 Å². The molecule has 4 nitrogen and oxygen atoms in total. The smallest absolute Gasteiger partial charge is 0.657 e. The minimum atomic E-state index is 0. The summed E-state index contributed by atoms with van der Waals surface area (Å²) in [7, 11) is 0. The molecule has 3 aromatic heterocycles. The second-order valence-electron chi connectivity index (χ2n) is 13.7. The molecule has 8 bridgehead atoms. The standard InChI is InChI=1S/C48H44N4.Zn/c1-11-31-19-17-21-33(23-31)43-45-27(7)35(13-3)39(49-45)25-41-37(15-5)29(9)47(51-41)44(34-22-18-20-32(12-2)24-34)48-30(10)38(16-6)42(52-48)26-40-36(14-4)28(8)46(43)50-40;/h1-2,17-26H,13-16H2,3-10H3;/q-2;+2. The van der Waals surface area contributed by atoms with E-state index in [2.05, 4.69) is 104 Å². The van der Waals surface area contributed by atoms with Crippen LogP contribution >= 0.6 is 0 Å². The van der Waals surface area contributed by atoms with E-state index in [4.69, 9.17) is 32.8 Å². The van der Waals surface area contributed by atoms with E-state index in [-0.39, 0.29) is 19.5 Å². The molecule has 2 aliphatic heterocycles. The molecule has 0 saturated carbocycles. The summed E-state index contributed by atoms with van der Waals surface area (Å²) in [6, 6.07) is 20.8. The molecule has 5 heteroatoms. The van der Waals surface area contributed by atoms with Crippen molar-refractivity contribution in [2.75, 3.05) is 0 Å². The summed E-state index contributed by atoms with van der Waals surface area (Å²) in [5, 5.41) is 0. The molecule has 5 aromatic rings. The van der Waals surface area contributed by atoms with Gasteiger partial charge in [0.15, 0.2) is 0 Å². The minimum absolute atomic E-state index is 0. The molecule has 0 radical (unpaired) electrons. The third kappa shape index (κ3) is 6.22. The molecule has 2 aliphatic rings. The molecule has 0 fully saturated rings. The van der Waals surface area contributed by atoms with Crippen molar-refractivity contribution in [2.45, 2.75) is 81.1 Å². The Balaban J connectivity index is 0.00000481. The van der Waals surface area contributed by atoms with Crippen LogP contribution < -0.4 is 9.97 Å². The van der Waals surface area contributed by atoms with Gasteiger partial charge in [-0.25, -0.2) is 9.97 Å². The third-order valence-corrected chi connectivity index (χ3v) is 10.9. The molecular formula is C48H44N4Zn. The van der Waals surface area contributed by atoms with Crippen LogP contribution in [0, 0.1) is 38.5 Å². The maximum atomic E-state index is 5.94. The van der Waals surface area contributed by atoms with Crippen LogP contribution in [0.4, 0.5) is 0 Å². The summed E-state index contributed by atoms with van der Waals surface area (Å²) in [6.07, 6.45) is 15.2. The van der Waals surface area contributed by atoms with E-state index in [9.17, 15) is 0 Å². The number of benzene rings is 2. The van der Waals surface area contributed by atoms with Crippen molar-refractivity contribution in [3.8, 4) is 46.9 Å². The molecule has 0 spiro atoms. The molecule has 2 aromatic carbocycles. The molecule has 0 atom stereocenters. The van der Waals surface area contributed by atoms with Gasteiger partial charge >= 0.3 is 19.5 Å².